The second kappa shape index (κ2) is 8.08. The highest BCUT2D eigenvalue weighted by Crippen LogP contribution is 2.07. The first-order valence-corrected chi connectivity index (χ1v) is 6.88. The average Bonchev–Trinajstić information content (AvgIpc) is 2.94. The van der Waals surface area contributed by atoms with Crippen molar-refractivity contribution in [3.05, 3.63) is 23.7 Å². The molecule has 1 heterocycles. The summed E-state index contributed by atoms with van der Waals surface area (Å²) in [6.07, 6.45) is 0.883. The van der Waals surface area contributed by atoms with Gasteiger partial charge in [0.2, 0.25) is 11.7 Å². The van der Waals surface area contributed by atoms with Crippen LogP contribution in [0.3, 0.4) is 0 Å². The molecule has 1 rings (SSSR count). The Morgan fingerprint density at radius 1 is 1.19 bits per heavy atom. The molecule has 0 saturated carbocycles. The molecule has 1 aromatic heterocycles. The lowest BCUT2D eigenvalue weighted by molar-refractivity contribution is -0.130. The first kappa shape index (κ1) is 16.7. The maximum absolute atomic E-state index is 11.7. The smallest absolute Gasteiger partial charge is 0.371 e. The molecule has 0 radical (unpaired) electrons. The minimum Gasteiger partial charge on any atom is -0.475 e. The van der Waals surface area contributed by atoms with Gasteiger partial charge in [-0.05, 0) is 32.4 Å². The molecule has 7 heteroatoms. The van der Waals surface area contributed by atoms with Gasteiger partial charge in [0.25, 0.3) is 5.91 Å². The Labute approximate surface area is 122 Å². The summed E-state index contributed by atoms with van der Waals surface area (Å²) in [5.41, 5.74) is 0. The number of carboxylic acids is 1. The standard InChI is InChI=1S/C14H20N2O5/c1-3-16(4-2)12(17)6-5-9-15-13(18)10-7-8-11(21-10)14(19)20/h7-8H,3-6,9H2,1-2H3,(H,15,18)(H,19,20). The van der Waals surface area contributed by atoms with Gasteiger partial charge in [-0.3, -0.25) is 9.59 Å². The van der Waals surface area contributed by atoms with Gasteiger partial charge in [-0.15, -0.1) is 0 Å². The van der Waals surface area contributed by atoms with Crippen LogP contribution in [0, 0.1) is 0 Å². The quantitative estimate of drug-likeness (QED) is 0.705. The minimum atomic E-state index is -1.22. The number of carbonyl (C=O) groups is 3. The van der Waals surface area contributed by atoms with Crippen molar-refractivity contribution in [2.45, 2.75) is 26.7 Å². The summed E-state index contributed by atoms with van der Waals surface area (Å²) in [6.45, 7) is 5.51. The molecule has 2 N–H and O–H groups in total. The van der Waals surface area contributed by atoms with E-state index in [1.807, 2.05) is 13.8 Å². The normalized spacial score (nSPS) is 10.2. The average molecular weight is 296 g/mol. The van der Waals surface area contributed by atoms with E-state index in [1.54, 1.807) is 4.90 Å². The summed E-state index contributed by atoms with van der Waals surface area (Å²) in [5.74, 6) is -1.99. The van der Waals surface area contributed by atoms with Crippen molar-refractivity contribution in [2.24, 2.45) is 0 Å². The van der Waals surface area contributed by atoms with E-state index in [4.69, 9.17) is 9.52 Å². The van der Waals surface area contributed by atoms with E-state index in [0.717, 1.165) is 0 Å². The Hall–Kier alpha value is -2.31. The Morgan fingerprint density at radius 2 is 1.81 bits per heavy atom. The number of aromatic carboxylic acids is 1. The maximum atomic E-state index is 11.7. The second-order valence-corrected chi connectivity index (χ2v) is 4.39. The second-order valence-electron chi connectivity index (χ2n) is 4.39. The molecule has 0 bridgehead atoms. The molecule has 2 amide bonds. The lowest BCUT2D eigenvalue weighted by Gasteiger charge is -2.18. The number of hydrogen-bond acceptors (Lipinski definition) is 4. The fraction of sp³-hybridized carbons (Fsp3) is 0.500. The van der Waals surface area contributed by atoms with Crippen molar-refractivity contribution >= 4 is 17.8 Å². The van der Waals surface area contributed by atoms with E-state index < -0.39 is 11.9 Å². The molecule has 0 unspecified atom stereocenters. The summed E-state index contributed by atoms with van der Waals surface area (Å²) in [4.78, 5) is 35.8. The molecule has 0 atom stereocenters. The number of hydrogen-bond donors (Lipinski definition) is 2. The van der Waals surface area contributed by atoms with Crippen LogP contribution in [0.2, 0.25) is 0 Å². The maximum Gasteiger partial charge on any atom is 0.371 e. The molecule has 0 aromatic carbocycles. The van der Waals surface area contributed by atoms with Gasteiger partial charge in [-0.1, -0.05) is 0 Å². The van der Waals surface area contributed by atoms with Gasteiger partial charge in [-0.2, -0.15) is 0 Å². The van der Waals surface area contributed by atoms with E-state index in [0.29, 0.717) is 32.5 Å². The SMILES string of the molecule is CCN(CC)C(=O)CCCNC(=O)c1ccc(C(=O)O)o1. The van der Waals surface area contributed by atoms with Crippen molar-refractivity contribution in [1.29, 1.82) is 0 Å². The fourth-order valence-corrected chi connectivity index (χ4v) is 1.84. The molecule has 1 aromatic rings. The van der Waals surface area contributed by atoms with Gasteiger partial charge in [0.05, 0.1) is 0 Å². The van der Waals surface area contributed by atoms with Gasteiger partial charge < -0.3 is 19.7 Å². The van der Waals surface area contributed by atoms with Crippen LogP contribution in [0.15, 0.2) is 16.5 Å². The topological polar surface area (TPSA) is 99.9 Å². The van der Waals surface area contributed by atoms with Crippen molar-refractivity contribution in [1.82, 2.24) is 10.2 Å². The highest BCUT2D eigenvalue weighted by molar-refractivity contribution is 5.93. The number of amides is 2. The van der Waals surface area contributed by atoms with Crippen LogP contribution >= 0.6 is 0 Å². The third-order valence-electron chi connectivity index (χ3n) is 3.01. The molecule has 0 saturated heterocycles. The number of nitrogens with one attached hydrogen (secondary N) is 1. The molecular formula is C14H20N2O5. The summed E-state index contributed by atoms with van der Waals surface area (Å²) in [6, 6.07) is 2.53. The van der Waals surface area contributed by atoms with Crippen LogP contribution in [0.25, 0.3) is 0 Å². The molecule has 0 aliphatic heterocycles. The van der Waals surface area contributed by atoms with Crippen molar-refractivity contribution in [3.8, 4) is 0 Å². The summed E-state index contributed by atoms with van der Waals surface area (Å²) in [5, 5.41) is 11.3. The van der Waals surface area contributed by atoms with Gasteiger partial charge in [0.15, 0.2) is 5.76 Å². The predicted octanol–water partition coefficient (Wildman–Crippen LogP) is 1.36. The molecule has 0 aliphatic carbocycles. The third-order valence-corrected chi connectivity index (χ3v) is 3.01. The van der Waals surface area contributed by atoms with Crippen molar-refractivity contribution < 1.29 is 23.9 Å². The lowest BCUT2D eigenvalue weighted by atomic mass is 10.2. The Balaban J connectivity index is 2.33. The Bertz CT molecular complexity index is 505. The van der Waals surface area contributed by atoms with Crippen molar-refractivity contribution in [3.63, 3.8) is 0 Å². The number of furan rings is 1. The molecule has 0 aliphatic rings. The number of carbonyl (C=O) groups excluding carboxylic acids is 2. The predicted molar refractivity (Wildman–Crippen MR) is 75.2 cm³/mol. The van der Waals surface area contributed by atoms with E-state index >= 15 is 0 Å². The van der Waals surface area contributed by atoms with Gasteiger partial charge >= 0.3 is 5.97 Å². The first-order valence-electron chi connectivity index (χ1n) is 6.88. The minimum absolute atomic E-state index is 0.0533. The number of rotatable bonds is 8. The van der Waals surface area contributed by atoms with Crippen LogP contribution in [-0.4, -0.2) is 47.4 Å². The first-order chi connectivity index (χ1) is 9.99. The van der Waals surface area contributed by atoms with Crippen LogP contribution in [0.5, 0.6) is 0 Å². The molecular weight excluding hydrogens is 276 g/mol. The van der Waals surface area contributed by atoms with Gasteiger partial charge in [0, 0.05) is 26.1 Å². The summed E-state index contributed by atoms with van der Waals surface area (Å²) < 4.78 is 4.87. The van der Waals surface area contributed by atoms with Crippen LogP contribution in [0.1, 0.15) is 47.8 Å². The highest BCUT2D eigenvalue weighted by atomic mass is 16.4. The largest absolute Gasteiger partial charge is 0.475 e. The number of nitrogens with zero attached hydrogens (tertiary/aromatic N) is 1. The monoisotopic (exact) mass is 296 g/mol. The Morgan fingerprint density at radius 3 is 2.33 bits per heavy atom. The van der Waals surface area contributed by atoms with Crippen molar-refractivity contribution in [2.75, 3.05) is 19.6 Å². The molecule has 0 fully saturated rings. The zero-order valence-electron chi connectivity index (χ0n) is 12.2. The third kappa shape index (κ3) is 4.94. The van der Waals surface area contributed by atoms with Gasteiger partial charge in [0.1, 0.15) is 0 Å². The van der Waals surface area contributed by atoms with E-state index in [9.17, 15) is 14.4 Å². The molecule has 116 valence electrons. The number of carboxylic acid groups (broad SMARTS) is 1. The summed E-state index contributed by atoms with van der Waals surface area (Å²) in [7, 11) is 0. The van der Waals surface area contributed by atoms with Crippen LogP contribution in [0.4, 0.5) is 0 Å². The van der Waals surface area contributed by atoms with E-state index in [1.165, 1.54) is 12.1 Å². The zero-order chi connectivity index (χ0) is 15.8. The summed E-state index contributed by atoms with van der Waals surface area (Å²) >= 11 is 0. The van der Waals surface area contributed by atoms with E-state index in [2.05, 4.69) is 5.32 Å². The Kier molecular flexibility index (Phi) is 6.45. The molecule has 21 heavy (non-hydrogen) atoms. The molecule has 7 nitrogen and oxygen atoms in total. The lowest BCUT2D eigenvalue weighted by Crippen LogP contribution is -2.31. The highest BCUT2D eigenvalue weighted by Gasteiger charge is 2.14. The van der Waals surface area contributed by atoms with Crippen LogP contribution in [-0.2, 0) is 4.79 Å². The fourth-order valence-electron chi connectivity index (χ4n) is 1.84. The molecule has 0 spiro atoms. The van der Waals surface area contributed by atoms with Crippen LogP contribution < -0.4 is 5.32 Å². The zero-order valence-corrected chi connectivity index (χ0v) is 12.2. The van der Waals surface area contributed by atoms with E-state index in [-0.39, 0.29) is 17.4 Å². The van der Waals surface area contributed by atoms with Gasteiger partial charge in [-0.25, -0.2) is 4.79 Å².